The third-order valence-corrected chi connectivity index (χ3v) is 4.52. The smallest absolute Gasteiger partial charge is 0.223 e. The predicted molar refractivity (Wildman–Crippen MR) is 91.0 cm³/mol. The standard InChI is InChI=1S/C19H23FN2O2/c1-21-12-14-10-11-22(13-14)19(23)9-7-15-6-8-18(24-15)16-4-2-3-5-17(16)20/h2-6,8,14,21H,7,9-13H2,1H3. The molecule has 2 aromatic rings. The summed E-state index contributed by atoms with van der Waals surface area (Å²) in [4.78, 5) is 14.2. The van der Waals surface area contributed by atoms with E-state index in [0.29, 0.717) is 35.8 Å². The van der Waals surface area contributed by atoms with Crippen molar-refractivity contribution in [3.63, 3.8) is 0 Å². The van der Waals surface area contributed by atoms with Gasteiger partial charge in [-0.15, -0.1) is 0 Å². The number of benzene rings is 1. The molecule has 0 aliphatic carbocycles. The third-order valence-electron chi connectivity index (χ3n) is 4.52. The van der Waals surface area contributed by atoms with E-state index >= 15 is 0 Å². The molecule has 1 aliphatic heterocycles. The number of amides is 1. The summed E-state index contributed by atoms with van der Waals surface area (Å²) in [5.74, 6) is 1.63. The van der Waals surface area contributed by atoms with E-state index in [1.54, 1.807) is 24.3 Å². The lowest BCUT2D eigenvalue weighted by molar-refractivity contribution is -0.130. The van der Waals surface area contributed by atoms with Gasteiger partial charge in [0.1, 0.15) is 17.3 Å². The summed E-state index contributed by atoms with van der Waals surface area (Å²) in [5, 5.41) is 3.17. The maximum atomic E-state index is 13.8. The van der Waals surface area contributed by atoms with Crippen molar-refractivity contribution in [3.05, 3.63) is 48.0 Å². The molecule has 1 N–H and O–H groups in total. The molecule has 5 heteroatoms. The van der Waals surface area contributed by atoms with Crippen LogP contribution in [0.5, 0.6) is 0 Å². The van der Waals surface area contributed by atoms with Crippen LogP contribution in [0.3, 0.4) is 0 Å². The van der Waals surface area contributed by atoms with Crippen LogP contribution >= 0.6 is 0 Å². The molecular weight excluding hydrogens is 307 g/mol. The first-order chi connectivity index (χ1) is 11.7. The quantitative estimate of drug-likeness (QED) is 0.885. The molecule has 0 bridgehead atoms. The number of halogens is 1. The van der Waals surface area contributed by atoms with Crippen molar-refractivity contribution in [1.82, 2.24) is 10.2 Å². The van der Waals surface area contributed by atoms with Crippen LogP contribution in [0.4, 0.5) is 4.39 Å². The molecule has 1 aromatic heterocycles. The van der Waals surface area contributed by atoms with Crippen LogP contribution in [0, 0.1) is 11.7 Å². The highest BCUT2D eigenvalue weighted by Gasteiger charge is 2.25. The number of rotatable bonds is 6. The van der Waals surface area contributed by atoms with Crippen molar-refractivity contribution in [2.75, 3.05) is 26.7 Å². The van der Waals surface area contributed by atoms with Gasteiger partial charge in [-0.3, -0.25) is 4.79 Å². The van der Waals surface area contributed by atoms with Gasteiger partial charge in [-0.25, -0.2) is 4.39 Å². The second-order valence-electron chi connectivity index (χ2n) is 6.30. The van der Waals surface area contributed by atoms with Gasteiger partial charge in [0, 0.05) is 25.9 Å². The van der Waals surface area contributed by atoms with Crippen LogP contribution in [0.2, 0.25) is 0 Å². The van der Waals surface area contributed by atoms with Gasteiger partial charge in [0.25, 0.3) is 0 Å². The van der Waals surface area contributed by atoms with Crippen molar-refractivity contribution in [1.29, 1.82) is 0 Å². The average molecular weight is 330 g/mol. The maximum Gasteiger partial charge on any atom is 0.223 e. The highest BCUT2D eigenvalue weighted by molar-refractivity contribution is 5.76. The molecule has 3 rings (SSSR count). The van der Waals surface area contributed by atoms with Gasteiger partial charge in [-0.2, -0.15) is 0 Å². The molecule has 4 nitrogen and oxygen atoms in total. The summed E-state index contributed by atoms with van der Waals surface area (Å²) >= 11 is 0. The summed E-state index contributed by atoms with van der Waals surface area (Å²) in [6, 6.07) is 10.1. The van der Waals surface area contributed by atoms with E-state index in [1.165, 1.54) is 6.07 Å². The molecule has 1 amide bonds. The first kappa shape index (κ1) is 16.7. The van der Waals surface area contributed by atoms with E-state index in [2.05, 4.69) is 5.32 Å². The highest BCUT2D eigenvalue weighted by atomic mass is 19.1. The predicted octanol–water partition coefficient (Wildman–Crippen LogP) is 3.09. The molecular formula is C19H23FN2O2. The maximum absolute atomic E-state index is 13.8. The minimum atomic E-state index is -0.304. The second kappa shape index (κ2) is 7.62. The molecule has 128 valence electrons. The lowest BCUT2D eigenvalue weighted by Gasteiger charge is -2.16. The normalized spacial score (nSPS) is 17.4. The number of furan rings is 1. The van der Waals surface area contributed by atoms with E-state index < -0.39 is 0 Å². The Balaban J connectivity index is 1.54. The number of likely N-dealkylation sites (tertiary alicyclic amines) is 1. The van der Waals surface area contributed by atoms with Crippen LogP contribution in [0.15, 0.2) is 40.8 Å². The average Bonchev–Trinajstić information content (AvgIpc) is 3.23. The molecule has 24 heavy (non-hydrogen) atoms. The van der Waals surface area contributed by atoms with E-state index in [9.17, 15) is 9.18 Å². The fourth-order valence-corrected chi connectivity index (χ4v) is 3.22. The van der Waals surface area contributed by atoms with Crippen LogP contribution in [0.25, 0.3) is 11.3 Å². The number of hydrogen-bond donors (Lipinski definition) is 1. The van der Waals surface area contributed by atoms with E-state index in [4.69, 9.17) is 4.42 Å². The van der Waals surface area contributed by atoms with Crippen molar-refractivity contribution >= 4 is 5.91 Å². The van der Waals surface area contributed by atoms with Crippen LogP contribution in [-0.2, 0) is 11.2 Å². The Kier molecular flexibility index (Phi) is 5.30. The van der Waals surface area contributed by atoms with Gasteiger partial charge in [0.2, 0.25) is 5.91 Å². The minimum absolute atomic E-state index is 0.164. The molecule has 1 atom stereocenters. The summed E-state index contributed by atoms with van der Waals surface area (Å²) in [7, 11) is 1.94. The Bertz CT molecular complexity index is 698. The molecule has 1 fully saturated rings. The Morgan fingerprint density at radius 1 is 1.33 bits per heavy atom. The third kappa shape index (κ3) is 3.85. The fraction of sp³-hybridized carbons (Fsp3) is 0.421. The van der Waals surface area contributed by atoms with Crippen molar-refractivity contribution < 1.29 is 13.6 Å². The zero-order valence-corrected chi connectivity index (χ0v) is 13.9. The van der Waals surface area contributed by atoms with E-state index in [0.717, 1.165) is 26.1 Å². The van der Waals surface area contributed by atoms with Crippen LogP contribution in [-0.4, -0.2) is 37.5 Å². The summed E-state index contributed by atoms with van der Waals surface area (Å²) in [5.41, 5.74) is 0.449. The highest BCUT2D eigenvalue weighted by Crippen LogP contribution is 2.25. The summed E-state index contributed by atoms with van der Waals surface area (Å²) in [6.07, 6.45) is 2.03. The number of nitrogens with zero attached hydrogens (tertiary/aromatic N) is 1. The summed E-state index contributed by atoms with van der Waals surface area (Å²) < 4.78 is 19.5. The largest absolute Gasteiger partial charge is 0.461 e. The lowest BCUT2D eigenvalue weighted by Crippen LogP contribution is -2.30. The molecule has 1 aromatic carbocycles. The van der Waals surface area contributed by atoms with E-state index in [-0.39, 0.29) is 11.7 Å². The second-order valence-corrected chi connectivity index (χ2v) is 6.30. The minimum Gasteiger partial charge on any atom is -0.461 e. The Labute approximate surface area is 141 Å². The number of nitrogens with one attached hydrogen (secondary N) is 1. The van der Waals surface area contributed by atoms with Gasteiger partial charge in [0.05, 0.1) is 5.56 Å². The molecule has 1 aliphatic rings. The molecule has 1 saturated heterocycles. The summed E-state index contributed by atoms with van der Waals surface area (Å²) in [6.45, 7) is 2.62. The van der Waals surface area contributed by atoms with Gasteiger partial charge in [0.15, 0.2) is 0 Å². The Morgan fingerprint density at radius 3 is 2.96 bits per heavy atom. The Hall–Kier alpha value is -2.14. The fourth-order valence-electron chi connectivity index (χ4n) is 3.22. The first-order valence-electron chi connectivity index (χ1n) is 8.43. The number of hydrogen-bond acceptors (Lipinski definition) is 3. The topological polar surface area (TPSA) is 45.5 Å². The van der Waals surface area contributed by atoms with Gasteiger partial charge in [-0.05, 0) is 50.2 Å². The Morgan fingerprint density at radius 2 is 2.17 bits per heavy atom. The molecule has 2 heterocycles. The monoisotopic (exact) mass is 330 g/mol. The molecule has 0 saturated carbocycles. The molecule has 0 radical (unpaired) electrons. The van der Waals surface area contributed by atoms with Crippen molar-refractivity contribution in [2.24, 2.45) is 5.92 Å². The number of aryl methyl sites for hydroxylation is 1. The van der Waals surface area contributed by atoms with E-state index in [1.807, 2.05) is 18.0 Å². The van der Waals surface area contributed by atoms with Crippen LogP contribution in [0.1, 0.15) is 18.6 Å². The molecule has 0 spiro atoms. The zero-order chi connectivity index (χ0) is 16.9. The van der Waals surface area contributed by atoms with Gasteiger partial charge in [-0.1, -0.05) is 12.1 Å². The SMILES string of the molecule is CNCC1CCN(C(=O)CCc2ccc(-c3ccccc3F)o2)C1. The first-order valence-corrected chi connectivity index (χ1v) is 8.43. The number of carbonyl (C=O) groups is 1. The van der Waals surface area contributed by atoms with Crippen molar-refractivity contribution in [2.45, 2.75) is 19.3 Å². The number of carbonyl (C=O) groups excluding carboxylic acids is 1. The zero-order valence-electron chi connectivity index (χ0n) is 13.9. The van der Waals surface area contributed by atoms with Gasteiger partial charge >= 0.3 is 0 Å². The lowest BCUT2D eigenvalue weighted by atomic mass is 10.1. The molecule has 1 unspecified atom stereocenters. The van der Waals surface area contributed by atoms with Crippen molar-refractivity contribution in [3.8, 4) is 11.3 Å². The van der Waals surface area contributed by atoms with Gasteiger partial charge < -0.3 is 14.6 Å². The van der Waals surface area contributed by atoms with Crippen LogP contribution < -0.4 is 5.32 Å².